The summed E-state index contributed by atoms with van der Waals surface area (Å²) in [5, 5.41) is 0. The third-order valence-corrected chi connectivity index (χ3v) is 3.78. The van der Waals surface area contributed by atoms with E-state index in [-0.39, 0.29) is 0 Å². The van der Waals surface area contributed by atoms with E-state index >= 15 is 0 Å². The molecule has 18 heavy (non-hydrogen) atoms. The molecule has 0 spiro atoms. The van der Waals surface area contributed by atoms with E-state index in [0.717, 1.165) is 32.1 Å². The molecule has 0 bridgehead atoms. The van der Waals surface area contributed by atoms with Crippen LogP contribution in [0.5, 0.6) is 0 Å². The van der Waals surface area contributed by atoms with Gasteiger partial charge in [0.1, 0.15) is 0 Å². The van der Waals surface area contributed by atoms with Crippen LogP contribution in [0, 0.1) is 6.92 Å². The van der Waals surface area contributed by atoms with Gasteiger partial charge in [-0.1, -0.05) is 29.8 Å². The molecule has 1 saturated heterocycles. The van der Waals surface area contributed by atoms with E-state index in [1.807, 2.05) is 0 Å². The van der Waals surface area contributed by atoms with Crippen LogP contribution in [-0.4, -0.2) is 48.4 Å². The summed E-state index contributed by atoms with van der Waals surface area (Å²) in [5.74, 6) is 0.748. The van der Waals surface area contributed by atoms with E-state index < -0.39 is 0 Å². The molecule has 0 N–H and O–H groups in total. The van der Waals surface area contributed by atoms with Crippen LogP contribution < -0.4 is 0 Å². The molecule has 0 atom stereocenters. The smallest absolute Gasteiger partial charge is 0.0351 e. The van der Waals surface area contributed by atoms with Gasteiger partial charge in [0.2, 0.25) is 0 Å². The molecular weight excluding hydrogens is 244 g/mol. The highest BCUT2D eigenvalue weighted by Crippen LogP contribution is 2.10. The van der Waals surface area contributed by atoms with Gasteiger partial charge in [-0.05, 0) is 32.0 Å². The molecule has 2 nitrogen and oxygen atoms in total. The van der Waals surface area contributed by atoms with Crippen molar-refractivity contribution in [3.8, 4) is 0 Å². The van der Waals surface area contributed by atoms with E-state index in [0.29, 0.717) is 0 Å². The molecule has 100 valence electrons. The van der Waals surface area contributed by atoms with E-state index in [1.165, 1.54) is 30.6 Å². The summed E-state index contributed by atoms with van der Waals surface area (Å²) in [5.41, 5.74) is 2.76. The standard InChI is InChI=1S/C15H23ClN2/c1-14-3-5-15(6-4-14)13-18-9-2-8-17(10-7-16)11-12-18/h3-6H,2,7-13H2,1H3. The lowest BCUT2D eigenvalue weighted by molar-refractivity contribution is 0.258. The average molecular weight is 267 g/mol. The number of hydrogen-bond acceptors (Lipinski definition) is 2. The topological polar surface area (TPSA) is 6.48 Å². The maximum absolute atomic E-state index is 5.81. The molecule has 1 aliphatic rings. The molecule has 1 heterocycles. The lowest BCUT2D eigenvalue weighted by Crippen LogP contribution is -2.31. The van der Waals surface area contributed by atoms with Crippen LogP contribution in [0.1, 0.15) is 17.5 Å². The molecule has 0 amide bonds. The zero-order valence-electron chi connectivity index (χ0n) is 11.2. The largest absolute Gasteiger partial charge is 0.301 e. The number of rotatable bonds is 4. The Kier molecular flexibility index (Phi) is 5.48. The predicted molar refractivity (Wildman–Crippen MR) is 78.2 cm³/mol. The molecule has 1 aromatic carbocycles. The van der Waals surface area contributed by atoms with E-state index in [9.17, 15) is 0 Å². The molecule has 0 aromatic heterocycles. The number of halogens is 1. The van der Waals surface area contributed by atoms with Crippen molar-refractivity contribution in [3.05, 3.63) is 35.4 Å². The third kappa shape index (κ3) is 4.27. The van der Waals surface area contributed by atoms with Crippen LogP contribution in [0.15, 0.2) is 24.3 Å². The highest BCUT2D eigenvalue weighted by molar-refractivity contribution is 6.18. The van der Waals surface area contributed by atoms with Gasteiger partial charge in [0, 0.05) is 32.1 Å². The van der Waals surface area contributed by atoms with Gasteiger partial charge in [-0.2, -0.15) is 0 Å². The van der Waals surface area contributed by atoms with Gasteiger partial charge in [-0.3, -0.25) is 4.90 Å². The molecule has 0 saturated carbocycles. The first-order valence-electron chi connectivity index (χ1n) is 6.84. The lowest BCUT2D eigenvalue weighted by atomic mass is 10.1. The van der Waals surface area contributed by atoms with Crippen LogP contribution in [0.2, 0.25) is 0 Å². The van der Waals surface area contributed by atoms with Crippen molar-refractivity contribution >= 4 is 11.6 Å². The van der Waals surface area contributed by atoms with Crippen molar-refractivity contribution in [1.82, 2.24) is 9.80 Å². The first-order chi connectivity index (χ1) is 8.78. The number of hydrogen-bond donors (Lipinski definition) is 0. The zero-order valence-corrected chi connectivity index (χ0v) is 12.0. The van der Waals surface area contributed by atoms with Crippen LogP contribution in [0.4, 0.5) is 0 Å². The summed E-state index contributed by atoms with van der Waals surface area (Å²) in [6, 6.07) is 8.90. The fraction of sp³-hybridized carbons (Fsp3) is 0.600. The van der Waals surface area contributed by atoms with Gasteiger partial charge in [0.05, 0.1) is 0 Å². The Labute approximate surface area is 116 Å². The monoisotopic (exact) mass is 266 g/mol. The Balaban J connectivity index is 1.84. The minimum Gasteiger partial charge on any atom is -0.301 e. The quantitative estimate of drug-likeness (QED) is 0.774. The van der Waals surface area contributed by atoms with Gasteiger partial charge >= 0.3 is 0 Å². The van der Waals surface area contributed by atoms with Gasteiger partial charge in [-0.25, -0.2) is 0 Å². The third-order valence-electron chi connectivity index (χ3n) is 3.61. The molecule has 1 aromatic rings. The fourth-order valence-corrected chi connectivity index (χ4v) is 2.72. The molecule has 1 aliphatic heterocycles. The van der Waals surface area contributed by atoms with E-state index in [4.69, 9.17) is 11.6 Å². The highest BCUT2D eigenvalue weighted by Gasteiger charge is 2.14. The van der Waals surface area contributed by atoms with Crippen molar-refractivity contribution in [2.75, 3.05) is 38.6 Å². The maximum Gasteiger partial charge on any atom is 0.0351 e. The van der Waals surface area contributed by atoms with Crippen LogP contribution in [0.25, 0.3) is 0 Å². The average Bonchev–Trinajstić information content (AvgIpc) is 2.59. The summed E-state index contributed by atoms with van der Waals surface area (Å²) in [4.78, 5) is 5.03. The Bertz CT molecular complexity index is 350. The van der Waals surface area contributed by atoms with Crippen molar-refractivity contribution < 1.29 is 0 Å². The second-order valence-electron chi connectivity index (χ2n) is 5.15. The van der Waals surface area contributed by atoms with Crippen LogP contribution in [0.3, 0.4) is 0 Å². The Morgan fingerprint density at radius 1 is 1.00 bits per heavy atom. The first kappa shape index (κ1) is 13.9. The van der Waals surface area contributed by atoms with Gasteiger partial charge in [0.25, 0.3) is 0 Å². The predicted octanol–water partition coefficient (Wildman–Crippen LogP) is 2.74. The van der Waals surface area contributed by atoms with Gasteiger partial charge < -0.3 is 4.90 Å². The normalized spacial score (nSPS) is 18.8. The number of aryl methyl sites for hydroxylation is 1. The first-order valence-corrected chi connectivity index (χ1v) is 7.37. The summed E-state index contributed by atoms with van der Waals surface area (Å²) in [6.45, 7) is 8.95. The second-order valence-corrected chi connectivity index (χ2v) is 5.52. The Hall–Kier alpha value is -0.570. The minimum atomic E-state index is 0.748. The minimum absolute atomic E-state index is 0.748. The zero-order chi connectivity index (χ0) is 12.8. The molecule has 0 radical (unpaired) electrons. The van der Waals surface area contributed by atoms with Gasteiger partial charge in [-0.15, -0.1) is 11.6 Å². The molecule has 2 rings (SSSR count). The number of nitrogens with zero attached hydrogens (tertiary/aromatic N) is 2. The molecule has 3 heteroatoms. The summed E-state index contributed by atoms with van der Waals surface area (Å²) in [6.07, 6.45) is 1.25. The lowest BCUT2D eigenvalue weighted by Gasteiger charge is -2.21. The van der Waals surface area contributed by atoms with Crippen molar-refractivity contribution in [1.29, 1.82) is 0 Å². The summed E-state index contributed by atoms with van der Waals surface area (Å²) < 4.78 is 0. The highest BCUT2D eigenvalue weighted by atomic mass is 35.5. The molecule has 0 aliphatic carbocycles. The van der Waals surface area contributed by atoms with Gasteiger partial charge in [0.15, 0.2) is 0 Å². The summed E-state index contributed by atoms with van der Waals surface area (Å²) in [7, 11) is 0. The number of benzene rings is 1. The molecule has 0 unspecified atom stereocenters. The number of alkyl halides is 1. The Morgan fingerprint density at radius 2 is 1.67 bits per heavy atom. The van der Waals surface area contributed by atoms with Crippen molar-refractivity contribution in [2.45, 2.75) is 19.9 Å². The Morgan fingerprint density at radius 3 is 2.39 bits per heavy atom. The van der Waals surface area contributed by atoms with Crippen LogP contribution in [-0.2, 0) is 6.54 Å². The van der Waals surface area contributed by atoms with Crippen molar-refractivity contribution in [3.63, 3.8) is 0 Å². The second kappa shape index (κ2) is 7.13. The van der Waals surface area contributed by atoms with Crippen molar-refractivity contribution in [2.24, 2.45) is 0 Å². The SMILES string of the molecule is Cc1ccc(CN2CCCN(CCCl)CC2)cc1. The van der Waals surface area contributed by atoms with E-state index in [2.05, 4.69) is 41.0 Å². The van der Waals surface area contributed by atoms with Crippen LogP contribution >= 0.6 is 11.6 Å². The maximum atomic E-state index is 5.81. The fourth-order valence-electron chi connectivity index (χ4n) is 2.48. The summed E-state index contributed by atoms with van der Waals surface area (Å²) >= 11 is 5.81. The molecule has 1 fully saturated rings. The van der Waals surface area contributed by atoms with E-state index in [1.54, 1.807) is 0 Å². The molecular formula is C15H23ClN2.